The minimum Gasteiger partial charge on any atom is -0.392 e. The van der Waals surface area contributed by atoms with Crippen LogP contribution in [0.25, 0.3) is 10.9 Å². The number of nitrogens with zero attached hydrogens (tertiary/aromatic N) is 3. The van der Waals surface area contributed by atoms with E-state index in [9.17, 15) is 5.11 Å². The molecule has 0 aliphatic carbocycles. The summed E-state index contributed by atoms with van der Waals surface area (Å²) < 4.78 is 2.31. The third kappa shape index (κ3) is 2.87. The molecule has 0 radical (unpaired) electrons. The lowest BCUT2D eigenvalue weighted by Gasteiger charge is -2.32. The maximum atomic E-state index is 9.18. The Hall–Kier alpha value is -1.36. The van der Waals surface area contributed by atoms with Crippen LogP contribution in [0.3, 0.4) is 0 Å². The quantitative estimate of drug-likeness (QED) is 0.913. The number of rotatable bonds is 4. The second-order valence-corrected chi connectivity index (χ2v) is 5.71. The summed E-state index contributed by atoms with van der Waals surface area (Å²) >= 11 is 0. The van der Waals surface area contributed by atoms with E-state index in [-0.39, 0.29) is 6.61 Å². The molecule has 0 saturated carbocycles. The van der Waals surface area contributed by atoms with E-state index >= 15 is 0 Å². The summed E-state index contributed by atoms with van der Waals surface area (Å²) in [5.41, 5.74) is 2.24. The molecule has 1 aliphatic rings. The van der Waals surface area contributed by atoms with Crippen molar-refractivity contribution >= 4 is 10.9 Å². The number of aliphatic hydroxyl groups excluding tert-OH is 1. The molecule has 108 valence electrons. The normalized spacial score (nSPS) is 17.9. The van der Waals surface area contributed by atoms with Crippen LogP contribution in [0.4, 0.5) is 0 Å². The highest BCUT2D eigenvalue weighted by atomic mass is 16.3. The van der Waals surface area contributed by atoms with E-state index in [0.29, 0.717) is 0 Å². The molecule has 4 nitrogen and oxygen atoms in total. The number of hydrogen-bond acceptors (Lipinski definition) is 3. The number of hydrogen-bond donors (Lipinski definition) is 1. The van der Waals surface area contributed by atoms with E-state index in [1.165, 1.54) is 37.1 Å². The van der Waals surface area contributed by atoms with Gasteiger partial charge in [0.05, 0.1) is 6.61 Å². The summed E-state index contributed by atoms with van der Waals surface area (Å²) in [7, 11) is 2.19. The zero-order chi connectivity index (χ0) is 13.9. The molecule has 1 aromatic heterocycles. The number of aliphatic hydroxyl groups is 1. The Morgan fingerprint density at radius 3 is 2.60 bits per heavy atom. The number of fused-ring (bicyclic) bond motifs is 1. The molecule has 2 heterocycles. The van der Waals surface area contributed by atoms with Crippen molar-refractivity contribution in [2.45, 2.75) is 13.2 Å². The third-order valence-corrected chi connectivity index (χ3v) is 4.27. The Labute approximate surface area is 120 Å². The van der Waals surface area contributed by atoms with Crippen LogP contribution in [-0.4, -0.2) is 59.2 Å². The summed E-state index contributed by atoms with van der Waals surface area (Å²) in [5.74, 6) is 0. The second-order valence-electron chi connectivity index (χ2n) is 5.71. The van der Waals surface area contributed by atoms with Crippen LogP contribution in [0.5, 0.6) is 0 Å². The average molecular weight is 273 g/mol. The lowest BCUT2D eigenvalue weighted by molar-refractivity contribution is 0.150. The first-order valence-corrected chi connectivity index (χ1v) is 7.36. The summed E-state index contributed by atoms with van der Waals surface area (Å²) in [6.07, 6.45) is 2.15. The van der Waals surface area contributed by atoms with Crippen LogP contribution >= 0.6 is 0 Å². The molecule has 1 aromatic carbocycles. The predicted molar refractivity (Wildman–Crippen MR) is 81.8 cm³/mol. The van der Waals surface area contributed by atoms with Crippen LogP contribution in [0.1, 0.15) is 5.56 Å². The van der Waals surface area contributed by atoms with Gasteiger partial charge in [-0.2, -0.15) is 0 Å². The first-order valence-electron chi connectivity index (χ1n) is 7.36. The maximum absolute atomic E-state index is 9.18. The van der Waals surface area contributed by atoms with Gasteiger partial charge in [0.25, 0.3) is 0 Å². The second kappa shape index (κ2) is 5.95. The van der Waals surface area contributed by atoms with Crippen molar-refractivity contribution in [2.75, 3.05) is 39.8 Å². The molecular formula is C16H23N3O. The van der Waals surface area contributed by atoms with Gasteiger partial charge in [-0.15, -0.1) is 0 Å². The van der Waals surface area contributed by atoms with E-state index in [1.54, 1.807) is 0 Å². The molecule has 3 rings (SSSR count). The van der Waals surface area contributed by atoms with Crippen molar-refractivity contribution in [1.82, 2.24) is 14.4 Å². The van der Waals surface area contributed by atoms with Crippen molar-refractivity contribution in [3.05, 3.63) is 36.0 Å². The number of likely N-dealkylation sites (N-methyl/N-ethyl adjacent to an activating group) is 1. The summed E-state index contributed by atoms with van der Waals surface area (Å²) in [4.78, 5) is 4.92. The van der Waals surface area contributed by atoms with Crippen LogP contribution in [0, 0.1) is 0 Å². The Kier molecular flexibility index (Phi) is 4.05. The number of aromatic nitrogens is 1. The zero-order valence-corrected chi connectivity index (χ0v) is 12.1. The monoisotopic (exact) mass is 273 g/mol. The summed E-state index contributed by atoms with van der Waals surface area (Å²) in [5, 5.41) is 10.4. The van der Waals surface area contributed by atoms with E-state index < -0.39 is 0 Å². The van der Waals surface area contributed by atoms with Crippen LogP contribution in [-0.2, 0) is 13.2 Å². The molecule has 1 N–H and O–H groups in total. The largest absolute Gasteiger partial charge is 0.392 e. The van der Waals surface area contributed by atoms with Gasteiger partial charge in [-0.3, -0.25) is 4.90 Å². The first-order chi connectivity index (χ1) is 9.76. The van der Waals surface area contributed by atoms with E-state index in [0.717, 1.165) is 18.7 Å². The fourth-order valence-electron chi connectivity index (χ4n) is 2.86. The van der Waals surface area contributed by atoms with Crippen molar-refractivity contribution in [2.24, 2.45) is 0 Å². The fraction of sp³-hybridized carbons (Fsp3) is 0.500. The van der Waals surface area contributed by atoms with Gasteiger partial charge in [0, 0.05) is 51.0 Å². The van der Waals surface area contributed by atoms with Crippen LogP contribution in [0.2, 0.25) is 0 Å². The van der Waals surface area contributed by atoms with Crippen molar-refractivity contribution in [3.8, 4) is 0 Å². The van der Waals surface area contributed by atoms with Crippen molar-refractivity contribution in [1.29, 1.82) is 0 Å². The van der Waals surface area contributed by atoms with Crippen LogP contribution in [0.15, 0.2) is 30.5 Å². The van der Waals surface area contributed by atoms with E-state index in [2.05, 4.69) is 45.8 Å². The minimum atomic E-state index is 0.114. The van der Waals surface area contributed by atoms with Gasteiger partial charge in [0.1, 0.15) is 0 Å². The fourth-order valence-corrected chi connectivity index (χ4v) is 2.86. The van der Waals surface area contributed by atoms with Gasteiger partial charge in [-0.05, 0) is 36.2 Å². The first kappa shape index (κ1) is 13.6. The molecule has 4 heteroatoms. The highest BCUT2D eigenvalue weighted by Gasteiger charge is 2.13. The predicted octanol–water partition coefficient (Wildman–Crippen LogP) is 1.38. The zero-order valence-electron chi connectivity index (χ0n) is 12.1. The molecule has 20 heavy (non-hydrogen) atoms. The summed E-state index contributed by atoms with van der Waals surface area (Å²) in [6.45, 7) is 6.95. The standard InChI is InChI=1S/C16H23N3O/c1-17-6-8-18(9-7-17)10-11-19-5-4-15-12-14(13-20)2-3-16(15)19/h2-5,12,20H,6-11,13H2,1H3. The third-order valence-electron chi connectivity index (χ3n) is 4.27. The molecule has 0 atom stereocenters. The Morgan fingerprint density at radius 2 is 1.85 bits per heavy atom. The smallest absolute Gasteiger partial charge is 0.0682 e. The molecule has 0 unspecified atom stereocenters. The van der Waals surface area contributed by atoms with Crippen LogP contribution < -0.4 is 0 Å². The highest BCUT2D eigenvalue weighted by Crippen LogP contribution is 2.18. The van der Waals surface area contributed by atoms with E-state index in [4.69, 9.17) is 0 Å². The maximum Gasteiger partial charge on any atom is 0.0682 e. The van der Waals surface area contributed by atoms with Gasteiger partial charge in [0.2, 0.25) is 0 Å². The van der Waals surface area contributed by atoms with Gasteiger partial charge in [-0.1, -0.05) is 6.07 Å². The van der Waals surface area contributed by atoms with Gasteiger partial charge >= 0.3 is 0 Å². The van der Waals surface area contributed by atoms with E-state index in [1.807, 2.05) is 6.07 Å². The highest BCUT2D eigenvalue weighted by molar-refractivity contribution is 5.80. The van der Waals surface area contributed by atoms with Crippen molar-refractivity contribution < 1.29 is 5.11 Å². The molecule has 0 bridgehead atoms. The topological polar surface area (TPSA) is 31.6 Å². The molecule has 1 saturated heterocycles. The molecule has 2 aromatic rings. The molecular weight excluding hydrogens is 250 g/mol. The van der Waals surface area contributed by atoms with Gasteiger partial charge < -0.3 is 14.6 Å². The van der Waals surface area contributed by atoms with Gasteiger partial charge in [-0.25, -0.2) is 0 Å². The SMILES string of the molecule is CN1CCN(CCn2ccc3cc(CO)ccc32)CC1. The molecule has 0 spiro atoms. The minimum absolute atomic E-state index is 0.114. The van der Waals surface area contributed by atoms with Gasteiger partial charge in [0.15, 0.2) is 0 Å². The molecule has 1 fully saturated rings. The Bertz CT molecular complexity index is 570. The lowest BCUT2D eigenvalue weighted by Crippen LogP contribution is -2.45. The molecule has 0 amide bonds. The number of piperazine rings is 1. The number of benzene rings is 1. The lowest BCUT2D eigenvalue weighted by atomic mass is 10.2. The van der Waals surface area contributed by atoms with Crippen molar-refractivity contribution in [3.63, 3.8) is 0 Å². The Balaban J connectivity index is 1.65. The summed E-state index contributed by atoms with van der Waals surface area (Å²) in [6, 6.07) is 8.33. The Morgan fingerprint density at radius 1 is 1.05 bits per heavy atom. The molecule has 1 aliphatic heterocycles. The average Bonchev–Trinajstić information content (AvgIpc) is 2.89.